The second-order valence-corrected chi connectivity index (χ2v) is 5.29. The van der Waals surface area contributed by atoms with E-state index in [9.17, 15) is 4.79 Å². The quantitative estimate of drug-likeness (QED) is 0.783. The van der Waals surface area contributed by atoms with E-state index in [0.29, 0.717) is 30.3 Å². The fraction of sp³-hybridized carbons (Fsp3) is 0.235. The summed E-state index contributed by atoms with van der Waals surface area (Å²) in [7, 11) is 0. The van der Waals surface area contributed by atoms with Crippen molar-refractivity contribution in [2.24, 2.45) is 0 Å². The minimum absolute atomic E-state index is 0.219. The molecule has 2 aromatic rings. The summed E-state index contributed by atoms with van der Waals surface area (Å²) in [6.07, 6.45) is 0.701. The van der Waals surface area contributed by atoms with Crippen LogP contribution in [0.3, 0.4) is 0 Å². The van der Waals surface area contributed by atoms with Crippen molar-refractivity contribution in [2.75, 3.05) is 18.5 Å². The number of ether oxygens (including phenoxy) is 1. The number of hydrogen-bond acceptors (Lipinski definition) is 2. The topological polar surface area (TPSA) is 50.4 Å². The van der Waals surface area contributed by atoms with E-state index >= 15 is 0 Å². The van der Waals surface area contributed by atoms with Crippen LogP contribution in [0.4, 0.5) is 10.5 Å². The van der Waals surface area contributed by atoms with Gasteiger partial charge in [0.05, 0.1) is 11.6 Å². The highest BCUT2D eigenvalue weighted by Gasteiger charge is 2.02. The second kappa shape index (κ2) is 8.29. The Morgan fingerprint density at radius 3 is 2.77 bits per heavy atom. The Morgan fingerprint density at radius 2 is 2.00 bits per heavy atom. The third-order valence-corrected chi connectivity index (χ3v) is 3.29. The molecule has 0 unspecified atom stereocenters. The molecular weight excluding hydrogens is 300 g/mol. The van der Waals surface area contributed by atoms with E-state index in [-0.39, 0.29) is 6.03 Å². The number of hydrogen-bond donors (Lipinski definition) is 2. The van der Waals surface area contributed by atoms with E-state index in [1.54, 1.807) is 6.07 Å². The number of carbonyl (C=O) groups is 1. The van der Waals surface area contributed by atoms with Gasteiger partial charge in [-0.25, -0.2) is 4.79 Å². The van der Waals surface area contributed by atoms with E-state index in [2.05, 4.69) is 10.6 Å². The molecule has 0 bridgehead atoms. The van der Waals surface area contributed by atoms with Gasteiger partial charge >= 0.3 is 6.03 Å². The molecule has 2 N–H and O–H groups in total. The van der Waals surface area contributed by atoms with Crippen LogP contribution in [0.1, 0.15) is 12.0 Å². The molecule has 0 aliphatic rings. The highest BCUT2D eigenvalue weighted by atomic mass is 35.5. The zero-order valence-corrected chi connectivity index (χ0v) is 13.2. The number of aryl methyl sites for hydroxylation is 1. The minimum Gasteiger partial charge on any atom is -0.492 e. The lowest BCUT2D eigenvalue weighted by Crippen LogP contribution is -2.30. The molecule has 0 aliphatic heterocycles. The Morgan fingerprint density at radius 1 is 1.18 bits per heavy atom. The van der Waals surface area contributed by atoms with Gasteiger partial charge in [-0.1, -0.05) is 35.9 Å². The SMILES string of the molecule is Cc1cccc(NC(=O)NCCCOc2ccccc2Cl)c1. The van der Waals surface area contributed by atoms with Crippen molar-refractivity contribution < 1.29 is 9.53 Å². The van der Waals surface area contributed by atoms with Crippen molar-refractivity contribution in [3.63, 3.8) is 0 Å². The number of halogens is 1. The zero-order valence-electron chi connectivity index (χ0n) is 12.4. The summed E-state index contributed by atoms with van der Waals surface area (Å²) >= 11 is 5.99. The molecule has 116 valence electrons. The van der Waals surface area contributed by atoms with Gasteiger partial charge in [-0.3, -0.25) is 0 Å². The van der Waals surface area contributed by atoms with Gasteiger partial charge in [0.25, 0.3) is 0 Å². The normalized spacial score (nSPS) is 10.1. The Labute approximate surface area is 135 Å². The fourth-order valence-corrected chi connectivity index (χ4v) is 2.11. The third-order valence-electron chi connectivity index (χ3n) is 2.98. The molecule has 0 heterocycles. The molecule has 5 heteroatoms. The number of amides is 2. The average molecular weight is 319 g/mol. The molecule has 22 heavy (non-hydrogen) atoms. The van der Waals surface area contributed by atoms with Gasteiger partial charge in [0.2, 0.25) is 0 Å². The van der Waals surface area contributed by atoms with Gasteiger partial charge in [-0.05, 0) is 43.2 Å². The van der Waals surface area contributed by atoms with Gasteiger partial charge in [0, 0.05) is 12.2 Å². The van der Waals surface area contributed by atoms with Crippen molar-refractivity contribution in [1.82, 2.24) is 5.32 Å². The molecule has 2 aromatic carbocycles. The standard InChI is InChI=1S/C17H19ClN2O2/c1-13-6-4-7-14(12-13)20-17(21)19-10-5-11-22-16-9-3-2-8-15(16)18/h2-4,6-9,12H,5,10-11H2,1H3,(H2,19,20,21). The summed E-state index contributed by atoms with van der Waals surface area (Å²) < 4.78 is 5.55. The molecule has 2 amide bonds. The van der Waals surface area contributed by atoms with Crippen molar-refractivity contribution >= 4 is 23.3 Å². The average Bonchev–Trinajstić information content (AvgIpc) is 2.48. The highest BCUT2D eigenvalue weighted by molar-refractivity contribution is 6.32. The van der Waals surface area contributed by atoms with Crippen LogP contribution >= 0.6 is 11.6 Å². The first-order valence-corrected chi connectivity index (χ1v) is 7.52. The van der Waals surface area contributed by atoms with E-state index < -0.39 is 0 Å². The number of carbonyl (C=O) groups excluding carboxylic acids is 1. The Hall–Kier alpha value is -2.20. The number of anilines is 1. The first kappa shape index (κ1) is 16.2. The summed E-state index contributed by atoms with van der Waals surface area (Å²) in [4.78, 5) is 11.7. The van der Waals surface area contributed by atoms with Crippen molar-refractivity contribution in [1.29, 1.82) is 0 Å². The largest absolute Gasteiger partial charge is 0.492 e. The van der Waals surface area contributed by atoms with Crippen LogP contribution in [0.2, 0.25) is 5.02 Å². The molecule has 0 spiro atoms. The number of para-hydroxylation sites is 1. The summed E-state index contributed by atoms with van der Waals surface area (Å²) in [6.45, 7) is 3.01. The van der Waals surface area contributed by atoms with Crippen LogP contribution in [0.5, 0.6) is 5.75 Å². The van der Waals surface area contributed by atoms with Gasteiger partial charge in [0.1, 0.15) is 5.75 Å². The van der Waals surface area contributed by atoms with E-state index in [0.717, 1.165) is 11.3 Å². The smallest absolute Gasteiger partial charge is 0.319 e. The molecular formula is C17H19ClN2O2. The summed E-state index contributed by atoms with van der Waals surface area (Å²) in [6, 6.07) is 14.8. The summed E-state index contributed by atoms with van der Waals surface area (Å²) in [5.74, 6) is 0.661. The number of urea groups is 1. The van der Waals surface area contributed by atoms with Gasteiger partial charge < -0.3 is 15.4 Å². The molecule has 2 rings (SSSR count). The van der Waals surface area contributed by atoms with Crippen LogP contribution in [0.15, 0.2) is 48.5 Å². The minimum atomic E-state index is -0.219. The molecule has 0 aliphatic carbocycles. The number of nitrogens with one attached hydrogen (secondary N) is 2. The van der Waals surface area contributed by atoms with Gasteiger partial charge in [-0.15, -0.1) is 0 Å². The maximum Gasteiger partial charge on any atom is 0.319 e. The maximum atomic E-state index is 11.7. The van der Waals surface area contributed by atoms with Gasteiger partial charge in [-0.2, -0.15) is 0 Å². The van der Waals surface area contributed by atoms with E-state index in [1.807, 2.05) is 49.4 Å². The molecule has 0 radical (unpaired) electrons. The monoisotopic (exact) mass is 318 g/mol. The molecule has 0 atom stereocenters. The predicted molar refractivity (Wildman–Crippen MR) is 89.8 cm³/mol. The van der Waals surface area contributed by atoms with E-state index in [1.165, 1.54) is 0 Å². The first-order chi connectivity index (χ1) is 10.6. The Bertz CT molecular complexity index is 632. The van der Waals surface area contributed by atoms with Gasteiger partial charge in [0.15, 0.2) is 0 Å². The Balaban J connectivity index is 1.64. The van der Waals surface area contributed by atoms with Crippen LogP contribution < -0.4 is 15.4 Å². The zero-order chi connectivity index (χ0) is 15.8. The lowest BCUT2D eigenvalue weighted by Gasteiger charge is -2.09. The Kier molecular flexibility index (Phi) is 6.10. The molecule has 0 saturated carbocycles. The van der Waals surface area contributed by atoms with Crippen LogP contribution in [0.25, 0.3) is 0 Å². The van der Waals surface area contributed by atoms with Crippen LogP contribution in [-0.2, 0) is 0 Å². The molecule has 0 aromatic heterocycles. The maximum absolute atomic E-state index is 11.7. The first-order valence-electron chi connectivity index (χ1n) is 7.14. The highest BCUT2D eigenvalue weighted by Crippen LogP contribution is 2.22. The predicted octanol–water partition coefficient (Wildman–Crippen LogP) is 4.24. The lowest BCUT2D eigenvalue weighted by atomic mass is 10.2. The van der Waals surface area contributed by atoms with Crippen molar-refractivity contribution in [3.05, 3.63) is 59.1 Å². The molecule has 4 nitrogen and oxygen atoms in total. The van der Waals surface area contributed by atoms with Crippen LogP contribution in [-0.4, -0.2) is 19.2 Å². The molecule has 0 saturated heterocycles. The molecule has 0 fully saturated rings. The summed E-state index contributed by atoms with van der Waals surface area (Å²) in [5.41, 5.74) is 1.88. The summed E-state index contributed by atoms with van der Waals surface area (Å²) in [5, 5.41) is 6.17. The van der Waals surface area contributed by atoms with Crippen molar-refractivity contribution in [2.45, 2.75) is 13.3 Å². The second-order valence-electron chi connectivity index (χ2n) is 4.88. The van der Waals surface area contributed by atoms with Crippen LogP contribution in [0, 0.1) is 6.92 Å². The number of rotatable bonds is 6. The number of benzene rings is 2. The third kappa shape index (κ3) is 5.30. The van der Waals surface area contributed by atoms with Crippen molar-refractivity contribution in [3.8, 4) is 5.75 Å². The van der Waals surface area contributed by atoms with E-state index in [4.69, 9.17) is 16.3 Å². The lowest BCUT2D eigenvalue weighted by molar-refractivity contribution is 0.250. The fourth-order valence-electron chi connectivity index (χ4n) is 1.92.